The summed E-state index contributed by atoms with van der Waals surface area (Å²) >= 11 is 5.01. The van der Waals surface area contributed by atoms with Gasteiger partial charge in [-0.05, 0) is 15.9 Å². The summed E-state index contributed by atoms with van der Waals surface area (Å²) in [7, 11) is 0. The highest BCUT2D eigenvalue weighted by atomic mass is 79.9. The molecule has 0 N–H and O–H groups in total. The molecule has 0 aliphatic carbocycles. The Morgan fingerprint density at radius 1 is 1.40 bits per heavy atom. The van der Waals surface area contributed by atoms with E-state index in [0.717, 1.165) is 35.2 Å². The Morgan fingerprint density at radius 2 is 2.33 bits per heavy atom. The van der Waals surface area contributed by atoms with Crippen molar-refractivity contribution in [2.24, 2.45) is 0 Å². The molecule has 0 spiro atoms. The van der Waals surface area contributed by atoms with Gasteiger partial charge in [-0.2, -0.15) is 0 Å². The van der Waals surface area contributed by atoms with Gasteiger partial charge in [-0.15, -0.1) is 21.5 Å². The number of halogens is 1. The van der Waals surface area contributed by atoms with Gasteiger partial charge in [0.15, 0.2) is 11.0 Å². The quantitative estimate of drug-likeness (QED) is 0.797. The lowest BCUT2D eigenvalue weighted by Gasteiger charge is -2.26. The average molecular weight is 286 g/mol. The fourth-order valence-corrected chi connectivity index (χ4v) is 2.90. The number of thiazole rings is 1. The van der Waals surface area contributed by atoms with Gasteiger partial charge in [-0.1, -0.05) is 0 Å². The molecule has 1 aliphatic rings. The molecule has 5 nitrogen and oxygen atoms in total. The molecular weight excluding hydrogens is 278 g/mol. The van der Waals surface area contributed by atoms with Crippen molar-refractivity contribution in [3.8, 4) is 0 Å². The Labute approximate surface area is 98.9 Å². The van der Waals surface area contributed by atoms with E-state index in [4.69, 9.17) is 0 Å². The van der Waals surface area contributed by atoms with Gasteiger partial charge in [0.1, 0.15) is 10.9 Å². The van der Waals surface area contributed by atoms with Gasteiger partial charge in [-0.25, -0.2) is 4.98 Å². The predicted octanol–water partition coefficient (Wildman–Crippen LogP) is 1.52. The number of hydrogen-bond donors (Lipinski definition) is 0. The van der Waals surface area contributed by atoms with E-state index >= 15 is 0 Å². The van der Waals surface area contributed by atoms with Crippen LogP contribution in [-0.2, 0) is 13.1 Å². The minimum absolute atomic E-state index is 0.792. The summed E-state index contributed by atoms with van der Waals surface area (Å²) in [6.07, 6.45) is 1.78. The number of aromatic nitrogens is 4. The summed E-state index contributed by atoms with van der Waals surface area (Å²) in [5.41, 5.74) is 0. The molecule has 7 heteroatoms. The molecule has 0 radical (unpaired) electrons. The van der Waals surface area contributed by atoms with Gasteiger partial charge in [0, 0.05) is 18.5 Å². The summed E-state index contributed by atoms with van der Waals surface area (Å²) in [6.45, 7) is 2.68. The third-order valence-electron chi connectivity index (χ3n) is 2.37. The van der Waals surface area contributed by atoms with Gasteiger partial charge in [-0.3, -0.25) is 0 Å². The van der Waals surface area contributed by atoms with Crippen LogP contribution in [0.5, 0.6) is 0 Å². The van der Waals surface area contributed by atoms with Crippen LogP contribution in [0, 0.1) is 0 Å². The second kappa shape index (κ2) is 3.57. The Kier molecular flexibility index (Phi) is 2.21. The van der Waals surface area contributed by atoms with Crippen LogP contribution in [0.4, 0.5) is 5.13 Å². The lowest BCUT2D eigenvalue weighted by Crippen LogP contribution is -2.33. The van der Waals surface area contributed by atoms with Gasteiger partial charge >= 0.3 is 0 Å². The molecule has 0 fully saturated rings. The summed E-state index contributed by atoms with van der Waals surface area (Å²) in [5, 5.41) is 11.0. The van der Waals surface area contributed by atoms with E-state index in [1.807, 2.05) is 5.38 Å². The minimum Gasteiger partial charge on any atom is -0.339 e. The lowest BCUT2D eigenvalue weighted by molar-refractivity contribution is 0.559. The Hall–Kier alpha value is -0.950. The van der Waals surface area contributed by atoms with E-state index in [9.17, 15) is 0 Å². The van der Waals surface area contributed by atoms with Gasteiger partial charge in [0.25, 0.3) is 0 Å². The first-order valence-corrected chi connectivity index (χ1v) is 6.23. The zero-order valence-corrected chi connectivity index (χ0v) is 10.2. The van der Waals surface area contributed by atoms with Gasteiger partial charge in [0.2, 0.25) is 0 Å². The van der Waals surface area contributed by atoms with E-state index in [1.54, 1.807) is 17.7 Å². The topological polar surface area (TPSA) is 46.8 Å². The van der Waals surface area contributed by atoms with Crippen molar-refractivity contribution < 1.29 is 0 Å². The lowest BCUT2D eigenvalue weighted by atomic mass is 10.4. The van der Waals surface area contributed by atoms with Crippen molar-refractivity contribution in [2.45, 2.75) is 13.1 Å². The summed E-state index contributed by atoms with van der Waals surface area (Å²) < 4.78 is 2.98. The largest absolute Gasteiger partial charge is 0.339 e. The molecule has 0 amide bonds. The minimum atomic E-state index is 0.792. The molecule has 0 saturated heterocycles. The Morgan fingerprint density at radius 3 is 3.13 bits per heavy atom. The zero-order chi connectivity index (χ0) is 10.3. The fraction of sp³-hybridized carbons (Fsp3) is 0.375. The molecule has 0 saturated carbocycles. The van der Waals surface area contributed by atoms with E-state index in [0.29, 0.717) is 0 Å². The standard InChI is InChI=1S/C8H8BrN5S/c9-6-4-15-8(11-6)13-1-2-14-5-10-12-7(14)3-13/h4-5H,1-3H2. The smallest absolute Gasteiger partial charge is 0.186 e. The van der Waals surface area contributed by atoms with Crippen molar-refractivity contribution in [1.82, 2.24) is 19.7 Å². The molecule has 0 bridgehead atoms. The van der Waals surface area contributed by atoms with Crippen molar-refractivity contribution >= 4 is 32.4 Å². The van der Waals surface area contributed by atoms with Crippen molar-refractivity contribution in [1.29, 1.82) is 0 Å². The Bertz CT molecular complexity index is 479. The van der Waals surface area contributed by atoms with Crippen molar-refractivity contribution in [2.75, 3.05) is 11.4 Å². The van der Waals surface area contributed by atoms with Crippen LogP contribution in [0.3, 0.4) is 0 Å². The molecule has 2 aromatic heterocycles. The molecule has 15 heavy (non-hydrogen) atoms. The van der Waals surface area contributed by atoms with Gasteiger partial charge in [0.05, 0.1) is 6.54 Å². The first-order chi connectivity index (χ1) is 7.33. The number of fused-ring (bicyclic) bond motifs is 1. The number of rotatable bonds is 1. The molecule has 0 aromatic carbocycles. The maximum Gasteiger partial charge on any atom is 0.186 e. The molecule has 3 heterocycles. The monoisotopic (exact) mass is 285 g/mol. The second-order valence-electron chi connectivity index (χ2n) is 3.31. The van der Waals surface area contributed by atoms with Crippen molar-refractivity contribution in [3.05, 3.63) is 22.1 Å². The number of nitrogens with zero attached hydrogens (tertiary/aromatic N) is 5. The van der Waals surface area contributed by atoms with Crippen LogP contribution in [0.15, 0.2) is 16.3 Å². The third-order valence-corrected chi connectivity index (χ3v) is 3.98. The van der Waals surface area contributed by atoms with E-state index < -0.39 is 0 Å². The zero-order valence-electron chi connectivity index (χ0n) is 7.80. The maximum atomic E-state index is 4.40. The highest BCUT2D eigenvalue weighted by Gasteiger charge is 2.19. The number of hydrogen-bond acceptors (Lipinski definition) is 5. The molecule has 78 valence electrons. The molecule has 2 aromatic rings. The van der Waals surface area contributed by atoms with Crippen LogP contribution in [-0.4, -0.2) is 26.3 Å². The average Bonchev–Trinajstić information content (AvgIpc) is 2.84. The SMILES string of the molecule is Brc1csc(N2CCn3cnnc3C2)n1. The van der Waals surface area contributed by atoms with Crippen LogP contribution < -0.4 is 4.90 Å². The summed E-state index contributed by atoms with van der Waals surface area (Å²) in [4.78, 5) is 6.62. The second-order valence-corrected chi connectivity index (χ2v) is 4.96. The molecule has 3 rings (SSSR count). The van der Waals surface area contributed by atoms with E-state index in [2.05, 4.69) is 40.6 Å². The van der Waals surface area contributed by atoms with E-state index in [1.165, 1.54) is 0 Å². The molecule has 1 aliphatic heterocycles. The highest BCUT2D eigenvalue weighted by molar-refractivity contribution is 9.10. The fourth-order valence-electron chi connectivity index (χ4n) is 1.62. The van der Waals surface area contributed by atoms with Crippen LogP contribution >= 0.6 is 27.3 Å². The first kappa shape index (κ1) is 9.29. The summed E-state index contributed by atoms with van der Waals surface area (Å²) in [5.74, 6) is 1.01. The van der Waals surface area contributed by atoms with Crippen LogP contribution in [0.2, 0.25) is 0 Å². The normalized spacial score (nSPS) is 15.4. The molecular formula is C8H8BrN5S. The van der Waals surface area contributed by atoms with Crippen LogP contribution in [0.25, 0.3) is 0 Å². The first-order valence-electron chi connectivity index (χ1n) is 4.55. The van der Waals surface area contributed by atoms with E-state index in [-0.39, 0.29) is 0 Å². The van der Waals surface area contributed by atoms with Gasteiger partial charge < -0.3 is 9.47 Å². The molecule has 0 unspecified atom stereocenters. The number of anilines is 1. The Balaban J connectivity index is 1.87. The predicted molar refractivity (Wildman–Crippen MR) is 60.9 cm³/mol. The third kappa shape index (κ3) is 1.65. The summed E-state index contributed by atoms with van der Waals surface area (Å²) in [6, 6.07) is 0. The van der Waals surface area contributed by atoms with Crippen LogP contribution in [0.1, 0.15) is 5.82 Å². The molecule has 0 atom stereocenters. The maximum absolute atomic E-state index is 4.40. The highest BCUT2D eigenvalue weighted by Crippen LogP contribution is 2.26. The van der Waals surface area contributed by atoms with Crippen molar-refractivity contribution in [3.63, 3.8) is 0 Å².